The molecule has 0 bridgehead atoms. The molecule has 1 fully saturated rings. The first-order valence-corrected chi connectivity index (χ1v) is 10.8. The second kappa shape index (κ2) is 8.18. The van der Waals surface area contributed by atoms with E-state index in [4.69, 9.17) is 27.9 Å². The largest absolute Gasteiger partial charge is 0.455 e. The third kappa shape index (κ3) is 4.17. The van der Waals surface area contributed by atoms with Crippen molar-refractivity contribution in [1.82, 2.24) is 13.9 Å². The van der Waals surface area contributed by atoms with Crippen LogP contribution in [0.25, 0.3) is 0 Å². The maximum absolute atomic E-state index is 12.8. The second-order valence-corrected chi connectivity index (χ2v) is 9.38. The number of piperidine rings is 1. The zero-order valence-corrected chi connectivity index (χ0v) is 16.7. The average molecular weight is 436 g/mol. The average Bonchev–Trinajstić information content (AvgIpc) is 3.05. The fourth-order valence-corrected chi connectivity index (χ4v) is 4.91. The number of ether oxygens (including phenoxy) is 1. The number of hydrogen-bond acceptors (Lipinski definition) is 7. The van der Waals surface area contributed by atoms with E-state index in [2.05, 4.69) is 9.59 Å². The molecule has 0 N–H and O–H groups in total. The Morgan fingerprint density at radius 2 is 1.96 bits per heavy atom. The van der Waals surface area contributed by atoms with Crippen molar-refractivity contribution < 1.29 is 17.9 Å². The molecular formula is C15H15Cl2N3O4S2. The summed E-state index contributed by atoms with van der Waals surface area (Å²) in [5.41, 5.74) is 0.308. The van der Waals surface area contributed by atoms with E-state index in [-0.39, 0.29) is 22.1 Å². The van der Waals surface area contributed by atoms with Gasteiger partial charge >= 0.3 is 5.97 Å². The number of halogens is 2. The minimum Gasteiger partial charge on any atom is -0.455 e. The van der Waals surface area contributed by atoms with Gasteiger partial charge in [-0.1, -0.05) is 34.1 Å². The number of rotatable bonds is 5. The summed E-state index contributed by atoms with van der Waals surface area (Å²) in [6.45, 7) is 0.772. The lowest BCUT2D eigenvalue weighted by Gasteiger charge is -2.26. The molecule has 140 valence electrons. The Labute approximate surface area is 165 Å². The summed E-state index contributed by atoms with van der Waals surface area (Å²) in [5, 5.41) is 3.85. The molecule has 1 aromatic carbocycles. The predicted molar refractivity (Wildman–Crippen MR) is 98.1 cm³/mol. The second-order valence-electron chi connectivity index (χ2n) is 5.68. The van der Waals surface area contributed by atoms with Gasteiger partial charge in [-0.25, -0.2) is 13.2 Å². The summed E-state index contributed by atoms with van der Waals surface area (Å²) in [6, 6.07) is 4.02. The molecule has 26 heavy (non-hydrogen) atoms. The Hall–Kier alpha value is -1.26. The Morgan fingerprint density at radius 3 is 2.62 bits per heavy atom. The number of aromatic nitrogens is 2. The van der Waals surface area contributed by atoms with Gasteiger partial charge in [0, 0.05) is 24.6 Å². The van der Waals surface area contributed by atoms with E-state index in [1.165, 1.54) is 22.5 Å². The van der Waals surface area contributed by atoms with Gasteiger partial charge in [0.25, 0.3) is 0 Å². The monoisotopic (exact) mass is 435 g/mol. The molecule has 0 spiro atoms. The first-order chi connectivity index (χ1) is 12.4. The van der Waals surface area contributed by atoms with E-state index in [9.17, 15) is 13.2 Å². The number of benzene rings is 1. The topological polar surface area (TPSA) is 89.5 Å². The van der Waals surface area contributed by atoms with Crippen LogP contribution in [0, 0.1) is 0 Å². The van der Waals surface area contributed by atoms with Crippen LogP contribution in [0.1, 0.15) is 35.3 Å². The molecule has 0 radical (unpaired) electrons. The van der Waals surface area contributed by atoms with Gasteiger partial charge in [0.1, 0.15) is 16.6 Å². The molecule has 3 rings (SSSR count). The lowest BCUT2D eigenvalue weighted by Crippen LogP contribution is -2.35. The van der Waals surface area contributed by atoms with Crippen LogP contribution < -0.4 is 0 Å². The highest BCUT2D eigenvalue weighted by Gasteiger charge is 2.27. The highest BCUT2D eigenvalue weighted by atomic mass is 35.5. The third-order valence-electron chi connectivity index (χ3n) is 3.96. The van der Waals surface area contributed by atoms with Gasteiger partial charge in [-0.05, 0) is 31.0 Å². The van der Waals surface area contributed by atoms with Crippen LogP contribution in [0.15, 0.2) is 23.1 Å². The van der Waals surface area contributed by atoms with Crippen molar-refractivity contribution in [2.24, 2.45) is 0 Å². The van der Waals surface area contributed by atoms with Gasteiger partial charge in [-0.15, -0.1) is 5.10 Å². The molecule has 1 aliphatic heterocycles. The standard InChI is InChI=1S/C15H15Cl2N3O4S2/c16-12-5-4-10(26(22,23)20-6-2-1-3-7-20)8-11(12)15(21)24-9-13-14(17)25-19-18-13/h4-5,8H,1-3,6-7,9H2. The number of nitrogens with zero attached hydrogens (tertiary/aromatic N) is 3. The van der Waals surface area contributed by atoms with E-state index in [1.807, 2.05) is 0 Å². The van der Waals surface area contributed by atoms with E-state index in [0.29, 0.717) is 23.1 Å². The van der Waals surface area contributed by atoms with E-state index in [1.54, 1.807) is 0 Å². The van der Waals surface area contributed by atoms with E-state index < -0.39 is 16.0 Å². The molecule has 0 unspecified atom stereocenters. The Morgan fingerprint density at radius 1 is 1.23 bits per heavy atom. The molecule has 11 heteroatoms. The molecule has 7 nitrogen and oxygen atoms in total. The van der Waals surface area contributed by atoms with Gasteiger partial charge in [0.2, 0.25) is 10.0 Å². The summed E-state index contributed by atoms with van der Waals surface area (Å²) >= 11 is 12.9. The Bertz CT molecular complexity index is 911. The molecule has 2 aromatic rings. The Kier molecular flexibility index (Phi) is 6.13. The summed E-state index contributed by atoms with van der Waals surface area (Å²) in [6.07, 6.45) is 2.66. The normalized spacial score (nSPS) is 15.8. The highest BCUT2D eigenvalue weighted by molar-refractivity contribution is 7.89. The Balaban J connectivity index is 1.80. The van der Waals surface area contributed by atoms with Crippen molar-refractivity contribution in [3.8, 4) is 0 Å². The summed E-state index contributed by atoms with van der Waals surface area (Å²) in [4.78, 5) is 12.3. The summed E-state index contributed by atoms with van der Waals surface area (Å²) in [7, 11) is -3.67. The molecule has 0 atom stereocenters. The minimum absolute atomic E-state index is 0.0177. The van der Waals surface area contributed by atoms with Crippen LogP contribution >= 0.6 is 34.7 Å². The SMILES string of the molecule is O=C(OCc1nnsc1Cl)c1cc(S(=O)(=O)N2CCCCC2)ccc1Cl. The van der Waals surface area contributed by atoms with Gasteiger partial charge in [0.05, 0.1) is 15.5 Å². The van der Waals surface area contributed by atoms with Crippen LogP contribution in [0.4, 0.5) is 0 Å². The molecule has 0 saturated carbocycles. The van der Waals surface area contributed by atoms with Gasteiger partial charge in [-0.3, -0.25) is 0 Å². The lowest BCUT2D eigenvalue weighted by molar-refractivity contribution is 0.0468. The van der Waals surface area contributed by atoms with Crippen LogP contribution in [-0.2, 0) is 21.4 Å². The van der Waals surface area contributed by atoms with Crippen molar-refractivity contribution in [1.29, 1.82) is 0 Å². The molecular weight excluding hydrogens is 421 g/mol. The lowest BCUT2D eigenvalue weighted by atomic mass is 10.2. The molecule has 0 amide bonds. The maximum Gasteiger partial charge on any atom is 0.340 e. The molecule has 1 aliphatic rings. The van der Waals surface area contributed by atoms with Crippen molar-refractivity contribution in [2.45, 2.75) is 30.8 Å². The molecule has 2 heterocycles. The van der Waals surface area contributed by atoms with Crippen molar-refractivity contribution in [3.05, 3.63) is 38.8 Å². The molecule has 1 aromatic heterocycles. The first-order valence-electron chi connectivity index (χ1n) is 7.83. The number of carbonyl (C=O) groups excluding carboxylic acids is 1. The fourth-order valence-electron chi connectivity index (χ4n) is 2.57. The molecule has 1 saturated heterocycles. The summed E-state index contributed by atoms with van der Waals surface area (Å²) in [5.74, 6) is -0.755. The smallest absolute Gasteiger partial charge is 0.340 e. The van der Waals surface area contributed by atoms with Crippen LogP contribution in [0.2, 0.25) is 9.36 Å². The summed E-state index contributed by atoms with van der Waals surface area (Å²) < 4.78 is 36.0. The highest BCUT2D eigenvalue weighted by Crippen LogP contribution is 2.26. The fraction of sp³-hybridized carbons (Fsp3) is 0.400. The number of esters is 1. The molecule has 0 aliphatic carbocycles. The zero-order chi connectivity index (χ0) is 18.7. The third-order valence-corrected chi connectivity index (χ3v) is 7.17. The van der Waals surface area contributed by atoms with Gasteiger partial charge in [-0.2, -0.15) is 4.31 Å². The number of carbonyl (C=O) groups is 1. The minimum atomic E-state index is -3.67. The van der Waals surface area contributed by atoms with Gasteiger partial charge < -0.3 is 4.74 Å². The first kappa shape index (κ1) is 19.5. The van der Waals surface area contributed by atoms with Crippen molar-refractivity contribution in [3.63, 3.8) is 0 Å². The van der Waals surface area contributed by atoms with Crippen LogP contribution in [0.3, 0.4) is 0 Å². The number of sulfonamides is 1. The predicted octanol–water partition coefficient (Wildman–Crippen LogP) is 3.38. The van der Waals surface area contributed by atoms with Crippen molar-refractivity contribution in [2.75, 3.05) is 13.1 Å². The van der Waals surface area contributed by atoms with E-state index in [0.717, 1.165) is 30.8 Å². The van der Waals surface area contributed by atoms with Crippen molar-refractivity contribution >= 4 is 50.7 Å². The van der Waals surface area contributed by atoms with E-state index >= 15 is 0 Å². The zero-order valence-electron chi connectivity index (χ0n) is 13.5. The van der Waals surface area contributed by atoms with Crippen LogP contribution in [0.5, 0.6) is 0 Å². The maximum atomic E-state index is 12.8. The quantitative estimate of drug-likeness (QED) is 0.668. The van der Waals surface area contributed by atoms with Crippen LogP contribution in [-0.4, -0.2) is 41.4 Å². The number of hydrogen-bond donors (Lipinski definition) is 0. The van der Waals surface area contributed by atoms with Gasteiger partial charge in [0.15, 0.2) is 0 Å².